The van der Waals surface area contributed by atoms with Gasteiger partial charge in [-0.2, -0.15) is 0 Å². The number of nitrogens with zero attached hydrogens (tertiary/aromatic N) is 1. The molecule has 1 aromatic heterocycles. The third kappa shape index (κ3) is 5.36. The van der Waals surface area contributed by atoms with Crippen molar-refractivity contribution < 1.29 is 9.59 Å². The van der Waals surface area contributed by atoms with Crippen molar-refractivity contribution in [3.05, 3.63) is 70.9 Å². The van der Waals surface area contributed by atoms with Crippen LogP contribution in [0, 0.1) is 0 Å². The first-order chi connectivity index (χ1) is 13.5. The number of benzene rings is 2. The van der Waals surface area contributed by atoms with E-state index >= 15 is 0 Å². The molecule has 1 heterocycles. The van der Waals surface area contributed by atoms with Crippen molar-refractivity contribution in [2.45, 2.75) is 19.8 Å². The molecule has 0 fully saturated rings. The van der Waals surface area contributed by atoms with Gasteiger partial charge in [0.2, 0.25) is 11.8 Å². The summed E-state index contributed by atoms with van der Waals surface area (Å²) in [6.45, 7) is 2.56. The van der Waals surface area contributed by atoms with Crippen LogP contribution >= 0.6 is 11.6 Å². The summed E-state index contributed by atoms with van der Waals surface area (Å²) in [6.07, 6.45) is 3.36. The van der Waals surface area contributed by atoms with Crippen molar-refractivity contribution in [2.24, 2.45) is 0 Å². The number of rotatable bonds is 8. The largest absolute Gasteiger partial charge is 0.361 e. The van der Waals surface area contributed by atoms with Gasteiger partial charge in [0.1, 0.15) is 0 Å². The molecule has 28 heavy (non-hydrogen) atoms. The summed E-state index contributed by atoms with van der Waals surface area (Å²) in [5.41, 5.74) is 3.28. The normalized spacial score (nSPS) is 10.8. The molecule has 0 radical (unpaired) electrons. The zero-order valence-electron chi connectivity index (χ0n) is 15.9. The van der Waals surface area contributed by atoms with Gasteiger partial charge in [0, 0.05) is 42.1 Å². The summed E-state index contributed by atoms with van der Waals surface area (Å²) in [5.74, 6) is -0.263. The molecule has 5 nitrogen and oxygen atoms in total. The van der Waals surface area contributed by atoms with E-state index in [2.05, 4.69) is 16.4 Å². The SMILES string of the molecule is CC(=O)N(CCc1c[nH]c2ccccc12)CC(=O)NCCc1cccc(Cl)c1. The van der Waals surface area contributed by atoms with Crippen LogP contribution < -0.4 is 5.32 Å². The number of hydrogen-bond donors (Lipinski definition) is 2. The van der Waals surface area contributed by atoms with E-state index in [1.807, 2.05) is 48.7 Å². The van der Waals surface area contributed by atoms with Gasteiger partial charge in [0.15, 0.2) is 0 Å². The Morgan fingerprint density at radius 2 is 1.93 bits per heavy atom. The number of halogens is 1. The third-order valence-corrected chi connectivity index (χ3v) is 4.97. The summed E-state index contributed by atoms with van der Waals surface area (Å²) >= 11 is 5.97. The second kappa shape index (κ2) is 9.42. The van der Waals surface area contributed by atoms with E-state index in [4.69, 9.17) is 11.6 Å². The van der Waals surface area contributed by atoms with E-state index in [0.717, 1.165) is 22.0 Å². The Hall–Kier alpha value is -2.79. The van der Waals surface area contributed by atoms with E-state index in [0.29, 0.717) is 31.0 Å². The highest BCUT2D eigenvalue weighted by atomic mass is 35.5. The maximum atomic E-state index is 12.3. The highest BCUT2D eigenvalue weighted by Gasteiger charge is 2.14. The second-order valence-corrected chi connectivity index (χ2v) is 7.22. The van der Waals surface area contributed by atoms with Gasteiger partial charge in [-0.3, -0.25) is 9.59 Å². The number of amides is 2. The monoisotopic (exact) mass is 397 g/mol. The smallest absolute Gasteiger partial charge is 0.239 e. The molecular weight excluding hydrogens is 374 g/mol. The Labute approximate surface area is 169 Å². The lowest BCUT2D eigenvalue weighted by atomic mass is 10.1. The number of fused-ring (bicyclic) bond motifs is 1. The number of aromatic amines is 1. The number of carbonyl (C=O) groups is 2. The molecule has 0 saturated heterocycles. The first-order valence-electron chi connectivity index (χ1n) is 9.34. The average Bonchev–Trinajstić information content (AvgIpc) is 3.08. The molecule has 0 spiro atoms. The summed E-state index contributed by atoms with van der Waals surface area (Å²) in [7, 11) is 0. The van der Waals surface area contributed by atoms with E-state index in [9.17, 15) is 9.59 Å². The molecule has 0 atom stereocenters. The van der Waals surface area contributed by atoms with Crippen molar-refractivity contribution in [2.75, 3.05) is 19.6 Å². The lowest BCUT2D eigenvalue weighted by molar-refractivity contribution is -0.134. The molecule has 3 aromatic rings. The zero-order chi connectivity index (χ0) is 19.9. The minimum absolute atomic E-state index is 0.0627. The topological polar surface area (TPSA) is 65.2 Å². The molecule has 0 unspecified atom stereocenters. The lowest BCUT2D eigenvalue weighted by Crippen LogP contribution is -2.41. The van der Waals surface area contributed by atoms with Crippen LogP contribution in [0.25, 0.3) is 10.9 Å². The van der Waals surface area contributed by atoms with E-state index < -0.39 is 0 Å². The van der Waals surface area contributed by atoms with Crippen LogP contribution in [-0.2, 0) is 22.4 Å². The highest BCUT2D eigenvalue weighted by molar-refractivity contribution is 6.30. The Kier molecular flexibility index (Phi) is 6.71. The summed E-state index contributed by atoms with van der Waals surface area (Å²) in [5, 5.41) is 4.71. The van der Waals surface area contributed by atoms with Crippen LogP contribution in [0.4, 0.5) is 0 Å². The predicted octanol–water partition coefficient (Wildman–Crippen LogP) is 3.57. The number of hydrogen-bond acceptors (Lipinski definition) is 2. The van der Waals surface area contributed by atoms with E-state index in [1.165, 1.54) is 6.92 Å². The van der Waals surface area contributed by atoms with Gasteiger partial charge in [-0.25, -0.2) is 0 Å². The number of para-hydroxylation sites is 1. The maximum Gasteiger partial charge on any atom is 0.239 e. The van der Waals surface area contributed by atoms with Gasteiger partial charge >= 0.3 is 0 Å². The first kappa shape index (κ1) is 20.0. The standard InChI is InChI=1S/C22H24ClN3O2/c1-16(27)26(12-10-18-14-25-21-8-3-2-7-20(18)21)15-22(28)24-11-9-17-5-4-6-19(23)13-17/h2-8,13-14,25H,9-12,15H2,1H3,(H,24,28). The van der Waals surface area contributed by atoms with Crippen molar-refractivity contribution in [3.63, 3.8) is 0 Å². The summed E-state index contributed by atoms with van der Waals surface area (Å²) in [4.78, 5) is 29.0. The Morgan fingerprint density at radius 1 is 1.11 bits per heavy atom. The Bertz CT molecular complexity index is 967. The fraction of sp³-hybridized carbons (Fsp3) is 0.273. The minimum Gasteiger partial charge on any atom is -0.361 e. The van der Waals surface area contributed by atoms with Crippen LogP contribution in [0.1, 0.15) is 18.1 Å². The summed E-state index contributed by atoms with van der Waals surface area (Å²) in [6, 6.07) is 15.6. The van der Waals surface area contributed by atoms with Crippen molar-refractivity contribution in [1.29, 1.82) is 0 Å². The molecule has 3 rings (SSSR count). The fourth-order valence-electron chi connectivity index (χ4n) is 3.21. The van der Waals surface area contributed by atoms with Crippen LogP contribution in [0.15, 0.2) is 54.7 Å². The molecule has 2 aromatic carbocycles. The number of H-pyrrole nitrogens is 1. The van der Waals surface area contributed by atoms with Crippen molar-refractivity contribution >= 4 is 34.3 Å². The minimum atomic E-state index is -0.156. The van der Waals surface area contributed by atoms with Crippen molar-refractivity contribution in [3.8, 4) is 0 Å². The maximum absolute atomic E-state index is 12.3. The molecule has 0 aliphatic carbocycles. The van der Waals surface area contributed by atoms with Gasteiger partial charge in [0.05, 0.1) is 6.54 Å². The predicted molar refractivity (Wildman–Crippen MR) is 112 cm³/mol. The van der Waals surface area contributed by atoms with Crippen LogP contribution in [0.5, 0.6) is 0 Å². The Balaban J connectivity index is 1.49. The Morgan fingerprint density at radius 3 is 2.71 bits per heavy atom. The summed E-state index contributed by atoms with van der Waals surface area (Å²) < 4.78 is 0. The van der Waals surface area contributed by atoms with Gasteiger partial charge in [0.25, 0.3) is 0 Å². The van der Waals surface area contributed by atoms with Crippen LogP contribution in [-0.4, -0.2) is 41.3 Å². The molecule has 0 bridgehead atoms. The molecular formula is C22H24ClN3O2. The number of carbonyl (C=O) groups excluding carboxylic acids is 2. The molecule has 0 saturated carbocycles. The quantitative estimate of drug-likeness (QED) is 0.610. The van der Waals surface area contributed by atoms with Gasteiger partial charge in [-0.15, -0.1) is 0 Å². The molecule has 146 valence electrons. The van der Waals surface area contributed by atoms with E-state index in [-0.39, 0.29) is 18.4 Å². The fourth-order valence-corrected chi connectivity index (χ4v) is 3.42. The van der Waals surface area contributed by atoms with Gasteiger partial charge < -0.3 is 15.2 Å². The van der Waals surface area contributed by atoms with Crippen molar-refractivity contribution in [1.82, 2.24) is 15.2 Å². The molecule has 2 N–H and O–H groups in total. The van der Waals surface area contributed by atoms with Gasteiger partial charge in [-0.1, -0.05) is 41.9 Å². The number of nitrogens with one attached hydrogen (secondary N) is 2. The number of aromatic nitrogens is 1. The van der Waals surface area contributed by atoms with Crippen LogP contribution in [0.2, 0.25) is 5.02 Å². The second-order valence-electron chi connectivity index (χ2n) is 6.78. The third-order valence-electron chi connectivity index (χ3n) is 4.73. The highest BCUT2D eigenvalue weighted by Crippen LogP contribution is 2.18. The zero-order valence-corrected chi connectivity index (χ0v) is 16.6. The molecule has 0 aliphatic rings. The molecule has 2 amide bonds. The average molecular weight is 398 g/mol. The molecule has 6 heteroatoms. The van der Waals surface area contributed by atoms with Crippen LogP contribution in [0.3, 0.4) is 0 Å². The molecule has 0 aliphatic heterocycles. The lowest BCUT2D eigenvalue weighted by Gasteiger charge is -2.20. The van der Waals surface area contributed by atoms with E-state index in [1.54, 1.807) is 4.90 Å². The van der Waals surface area contributed by atoms with Gasteiger partial charge in [-0.05, 0) is 42.2 Å². The first-order valence-corrected chi connectivity index (χ1v) is 9.72.